The molecule has 140 valence electrons. The Morgan fingerprint density at radius 1 is 1.37 bits per heavy atom. The van der Waals surface area contributed by atoms with Crippen LogP contribution in [0.4, 0.5) is 4.79 Å². The molecule has 9 nitrogen and oxygen atoms in total. The zero-order valence-electron chi connectivity index (χ0n) is 14.2. The maximum atomic E-state index is 11.2. The second-order valence-corrected chi connectivity index (χ2v) is 6.67. The van der Waals surface area contributed by atoms with Gasteiger partial charge < -0.3 is 10.8 Å². The monoisotopic (exact) mass is 407 g/mol. The van der Waals surface area contributed by atoms with Gasteiger partial charge in [-0.15, -0.1) is 16.2 Å². The molecule has 3 rings (SSSR count). The van der Waals surface area contributed by atoms with Gasteiger partial charge in [0.25, 0.3) is 0 Å². The van der Waals surface area contributed by atoms with Crippen molar-refractivity contribution in [2.45, 2.75) is 6.92 Å². The van der Waals surface area contributed by atoms with Crippen molar-refractivity contribution in [2.24, 2.45) is 11.0 Å². The van der Waals surface area contributed by atoms with E-state index in [4.69, 9.17) is 11.6 Å². The average molecular weight is 408 g/mol. The first kappa shape index (κ1) is 20.2. The van der Waals surface area contributed by atoms with Crippen molar-refractivity contribution in [1.29, 1.82) is 0 Å². The fourth-order valence-electron chi connectivity index (χ4n) is 2.07. The summed E-state index contributed by atoms with van der Waals surface area (Å²) < 4.78 is 0.911. The summed E-state index contributed by atoms with van der Waals surface area (Å²) in [5.41, 5.74) is 6.47. The van der Waals surface area contributed by atoms with Crippen molar-refractivity contribution in [3.05, 3.63) is 51.8 Å². The second kappa shape index (κ2) is 8.52. The van der Waals surface area contributed by atoms with E-state index >= 15 is 0 Å². The lowest BCUT2D eigenvalue weighted by Crippen LogP contribution is -2.26. The molecule has 0 radical (unpaired) electrons. The van der Waals surface area contributed by atoms with E-state index in [2.05, 4.69) is 21.0 Å². The largest absolute Gasteiger partial charge is 0.478 e. The lowest BCUT2D eigenvalue weighted by atomic mass is 10.1. The summed E-state index contributed by atoms with van der Waals surface area (Å²) in [5.74, 6) is -0.933. The normalized spacial score (nSPS) is 10.0. The molecular weight excluding hydrogens is 394 g/mol. The van der Waals surface area contributed by atoms with Crippen LogP contribution < -0.4 is 5.73 Å². The number of hydrogen-bond acceptors (Lipinski definition) is 7. The Balaban J connectivity index is 0.000000321. The van der Waals surface area contributed by atoms with Crippen molar-refractivity contribution in [1.82, 2.24) is 15.0 Å². The van der Waals surface area contributed by atoms with Crippen LogP contribution in [0.15, 0.2) is 35.7 Å². The number of hydrogen-bond donors (Lipinski definition) is 2. The third kappa shape index (κ3) is 4.74. The highest BCUT2D eigenvalue weighted by Gasteiger charge is 2.14. The van der Waals surface area contributed by atoms with E-state index in [1.807, 2.05) is 19.1 Å². The van der Waals surface area contributed by atoms with Gasteiger partial charge in [-0.25, -0.2) is 19.6 Å². The molecule has 2 amide bonds. The van der Waals surface area contributed by atoms with Crippen LogP contribution in [0.2, 0.25) is 5.28 Å². The lowest BCUT2D eigenvalue weighted by Gasteiger charge is -2.00. The third-order valence-electron chi connectivity index (χ3n) is 3.41. The number of urea groups is 1. The molecule has 3 N–H and O–H groups in total. The second-order valence-electron chi connectivity index (χ2n) is 5.25. The molecule has 0 spiro atoms. The number of primary amides is 1. The van der Waals surface area contributed by atoms with Gasteiger partial charge in [-0.3, -0.25) is 0 Å². The van der Waals surface area contributed by atoms with Gasteiger partial charge in [0.2, 0.25) is 5.28 Å². The van der Waals surface area contributed by atoms with Gasteiger partial charge in [-0.2, -0.15) is 5.01 Å². The van der Waals surface area contributed by atoms with Crippen LogP contribution in [0.1, 0.15) is 15.9 Å². The van der Waals surface area contributed by atoms with Gasteiger partial charge >= 0.3 is 12.0 Å². The number of aromatic nitrogens is 2. The Morgan fingerprint density at radius 3 is 2.63 bits per heavy atom. The first-order valence-electron chi connectivity index (χ1n) is 7.36. The number of aryl methyl sites for hydroxylation is 1. The highest BCUT2D eigenvalue weighted by Crippen LogP contribution is 2.35. The predicted molar refractivity (Wildman–Crippen MR) is 103 cm³/mol. The summed E-state index contributed by atoms with van der Waals surface area (Å²) in [6, 6.07) is 6.23. The number of fused-ring (bicyclic) bond motifs is 1. The van der Waals surface area contributed by atoms with Crippen molar-refractivity contribution in [3.8, 4) is 10.6 Å². The van der Waals surface area contributed by atoms with Crippen LogP contribution in [0.3, 0.4) is 0 Å². The van der Waals surface area contributed by atoms with Crippen LogP contribution in [0, 0.1) is 11.8 Å². The van der Waals surface area contributed by atoms with Crippen molar-refractivity contribution in [3.63, 3.8) is 0 Å². The summed E-state index contributed by atoms with van der Waals surface area (Å²) >= 11 is 7.33. The predicted octanol–water partition coefficient (Wildman–Crippen LogP) is 3.70. The number of carbonyl (C=O) groups excluding carboxylic acids is 1. The van der Waals surface area contributed by atoms with Crippen molar-refractivity contribution in [2.75, 3.05) is 7.05 Å². The molecule has 2 aromatic heterocycles. The number of thiophene rings is 1. The Hall–Kier alpha value is -3.11. The Bertz CT molecular complexity index is 1020. The molecule has 0 aliphatic heterocycles. The molecule has 11 heteroatoms. The SMILES string of the molecule is CN(N=O)C(N)=O.Cc1cnc(Cl)nc1-c1cc2c(C(=O)O)cccc2s1. The molecule has 3 aromatic rings. The van der Waals surface area contributed by atoms with Gasteiger partial charge in [0.15, 0.2) is 0 Å². The number of amides is 2. The smallest absolute Gasteiger partial charge is 0.337 e. The standard InChI is InChI=1S/C14H9ClN2O2S.C2H5N3O2/c1-7-6-16-14(15)17-12(7)11-5-9-8(13(18)19)3-2-4-10(9)20-11;1-5(4-7)2(3)6/h2-6H,1H3,(H,18,19);1H3,(H2,3,6). The van der Waals surface area contributed by atoms with E-state index in [1.165, 1.54) is 18.4 Å². The molecule has 0 fully saturated rings. The molecule has 0 bridgehead atoms. The maximum absolute atomic E-state index is 11.2. The van der Waals surface area contributed by atoms with Crippen LogP contribution >= 0.6 is 22.9 Å². The third-order valence-corrected chi connectivity index (χ3v) is 4.70. The fourth-order valence-corrected chi connectivity index (χ4v) is 3.35. The molecule has 0 unspecified atom stereocenters. The van der Waals surface area contributed by atoms with Crippen molar-refractivity contribution >= 4 is 45.0 Å². The van der Waals surface area contributed by atoms with Crippen LogP contribution in [-0.2, 0) is 0 Å². The van der Waals surface area contributed by atoms with Gasteiger partial charge in [0.05, 0.1) is 21.4 Å². The Labute approximate surface area is 162 Å². The number of nitrogens with zero attached hydrogens (tertiary/aromatic N) is 4. The van der Waals surface area contributed by atoms with E-state index in [9.17, 15) is 19.6 Å². The molecule has 0 aliphatic rings. The molecule has 0 atom stereocenters. The topological polar surface area (TPSA) is 139 Å². The highest BCUT2D eigenvalue weighted by atomic mass is 35.5. The Morgan fingerprint density at radius 2 is 2.07 bits per heavy atom. The summed E-state index contributed by atoms with van der Waals surface area (Å²) in [5, 5.41) is 12.8. The number of carbonyl (C=O) groups is 2. The van der Waals surface area contributed by atoms with E-state index in [0.717, 1.165) is 20.8 Å². The van der Waals surface area contributed by atoms with E-state index in [1.54, 1.807) is 18.3 Å². The molecule has 0 aliphatic carbocycles. The minimum absolute atomic E-state index is 0.182. The highest BCUT2D eigenvalue weighted by molar-refractivity contribution is 7.22. The minimum atomic E-state index is -0.933. The molecule has 27 heavy (non-hydrogen) atoms. The Kier molecular flexibility index (Phi) is 6.37. The summed E-state index contributed by atoms with van der Waals surface area (Å²) in [4.78, 5) is 39.4. The number of carboxylic acids is 1. The van der Waals surface area contributed by atoms with Crippen LogP contribution in [0.5, 0.6) is 0 Å². The summed E-state index contributed by atoms with van der Waals surface area (Å²) in [6.07, 6.45) is 1.66. The van der Waals surface area contributed by atoms with Crippen LogP contribution in [0.25, 0.3) is 20.7 Å². The number of nitroso groups, excluding NO2 is 1. The van der Waals surface area contributed by atoms with E-state index in [0.29, 0.717) is 16.0 Å². The van der Waals surface area contributed by atoms with Gasteiger partial charge in [-0.1, -0.05) is 6.07 Å². The number of halogens is 1. The van der Waals surface area contributed by atoms with Gasteiger partial charge in [-0.05, 0) is 42.3 Å². The van der Waals surface area contributed by atoms with Crippen molar-refractivity contribution < 1.29 is 14.7 Å². The molecule has 1 aromatic carbocycles. The van der Waals surface area contributed by atoms with Crippen LogP contribution in [-0.4, -0.2) is 39.1 Å². The number of aromatic carboxylic acids is 1. The number of carboxylic acid groups (broad SMARTS) is 1. The average Bonchev–Trinajstić information content (AvgIpc) is 3.07. The lowest BCUT2D eigenvalue weighted by molar-refractivity contribution is 0.0699. The molecule has 2 heterocycles. The quantitative estimate of drug-likeness (QED) is 0.385. The van der Waals surface area contributed by atoms with Gasteiger partial charge in [0.1, 0.15) is 0 Å². The van der Waals surface area contributed by atoms with Gasteiger partial charge in [0, 0.05) is 23.3 Å². The molecule has 0 saturated carbocycles. The van der Waals surface area contributed by atoms with E-state index in [-0.39, 0.29) is 5.28 Å². The summed E-state index contributed by atoms with van der Waals surface area (Å²) in [7, 11) is 1.18. The van der Waals surface area contributed by atoms with E-state index < -0.39 is 12.0 Å². The zero-order valence-corrected chi connectivity index (χ0v) is 15.8. The first-order valence-corrected chi connectivity index (χ1v) is 8.55. The number of nitrogens with two attached hydrogens (primary N) is 1. The minimum Gasteiger partial charge on any atom is -0.478 e. The number of benzene rings is 1. The summed E-state index contributed by atoms with van der Waals surface area (Å²) in [6.45, 7) is 1.90. The fraction of sp³-hybridized carbons (Fsp3) is 0.125. The number of rotatable bonds is 3. The molecular formula is C16H14ClN5O4S. The zero-order chi connectivity index (χ0) is 20.1. The molecule has 0 saturated heterocycles. The maximum Gasteiger partial charge on any atom is 0.337 e. The first-order chi connectivity index (χ1) is 12.7.